The predicted molar refractivity (Wildman–Crippen MR) is 68.0 cm³/mol. The van der Waals surface area contributed by atoms with E-state index in [2.05, 4.69) is 5.32 Å². The van der Waals surface area contributed by atoms with Crippen molar-refractivity contribution in [3.05, 3.63) is 29.8 Å². The van der Waals surface area contributed by atoms with E-state index >= 15 is 0 Å². The van der Waals surface area contributed by atoms with Gasteiger partial charge in [0.15, 0.2) is 0 Å². The van der Waals surface area contributed by atoms with Gasteiger partial charge < -0.3 is 10.1 Å². The molecule has 1 amide bonds. The zero-order valence-corrected chi connectivity index (χ0v) is 10.3. The molecular formula is C14H16N2O2. The molecule has 1 unspecified atom stereocenters. The molecule has 1 atom stereocenters. The number of rotatable bonds is 4. The Bertz CT molecular complexity index is 475. The second-order valence-corrected chi connectivity index (χ2v) is 4.51. The molecule has 0 saturated heterocycles. The third-order valence-corrected chi connectivity index (χ3v) is 3.08. The van der Waals surface area contributed by atoms with Gasteiger partial charge in [0.05, 0.1) is 17.7 Å². The molecular weight excluding hydrogens is 228 g/mol. The van der Waals surface area contributed by atoms with Gasteiger partial charge in [-0.25, -0.2) is 0 Å². The van der Waals surface area contributed by atoms with Crippen LogP contribution < -0.4 is 5.32 Å². The van der Waals surface area contributed by atoms with E-state index in [1.54, 1.807) is 31.2 Å². The molecule has 1 aliphatic rings. The van der Waals surface area contributed by atoms with Gasteiger partial charge in [0.1, 0.15) is 6.10 Å². The first-order chi connectivity index (χ1) is 8.69. The fourth-order valence-corrected chi connectivity index (χ4v) is 1.77. The third-order valence-electron chi connectivity index (χ3n) is 3.08. The van der Waals surface area contributed by atoms with Gasteiger partial charge in [-0.15, -0.1) is 0 Å². The summed E-state index contributed by atoms with van der Waals surface area (Å²) in [5.74, 6) is -0.169. The van der Waals surface area contributed by atoms with Gasteiger partial charge in [-0.2, -0.15) is 5.26 Å². The maximum Gasteiger partial charge on any atom is 0.253 e. The van der Waals surface area contributed by atoms with Gasteiger partial charge in [-0.05, 0) is 44.4 Å². The van der Waals surface area contributed by atoms with Crippen LogP contribution in [0, 0.1) is 11.3 Å². The van der Waals surface area contributed by atoms with Crippen molar-refractivity contribution in [3.63, 3.8) is 0 Å². The van der Waals surface area contributed by atoms with Crippen molar-refractivity contribution in [3.8, 4) is 6.07 Å². The Labute approximate surface area is 107 Å². The number of hydrogen-bond donors (Lipinski definition) is 1. The smallest absolute Gasteiger partial charge is 0.253 e. The van der Waals surface area contributed by atoms with Gasteiger partial charge in [-0.3, -0.25) is 4.79 Å². The molecule has 94 valence electrons. The van der Waals surface area contributed by atoms with E-state index in [1.807, 2.05) is 6.07 Å². The molecule has 4 heteroatoms. The van der Waals surface area contributed by atoms with Gasteiger partial charge in [-0.1, -0.05) is 6.07 Å². The number of nitrogens with zero attached hydrogens (tertiary/aromatic N) is 1. The molecule has 4 nitrogen and oxygen atoms in total. The van der Waals surface area contributed by atoms with Crippen LogP contribution in [0.2, 0.25) is 0 Å². The van der Waals surface area contributed by atoms with Crippen LogP contribution >= 0.6 is 0 Å². The Balaban J connectivity index is 1.91. The molecule has 0 aromatic heterocycles. The first-order valence-electron chi connectivity index (χ1n) is 6.15. The summed E-state index contributed by atoms with van der Waals surface area (Å²) in [5, 5.41) is 11.5. The minimum atomic E-state index is -0.457. The highest BCUT2D eigenvalue weighted by atomic mass is 16.5. The molecule has 1 aromatic rings. The summed E-state index contributed by atoms with van der Waals surface area (Å²) in [7, 11) is 0. The monoisotopic (exact) mass is 244 g/mol. The molecule has 0 heterocycles. The van der Waals surface area contributed by atoms with Crippen LogP contribution in [0.4, 0.5) is 5.69 Å². The standard InChI is InChI=1S/C14H16N2O2/c1-10(18-13-6-3-7-13)14(17)16-12-5-2-4-11(8-12)9-15/h2,4-5,8,10,13H,3,6-7H2,1H3,(H,16,17). The van der Waals surface area contributed by atoms with E-state index in [0.29, 0.717) is 11.3 Å². The topological polar surface area (TPSA) is 62.1 Å². The maximum absolute atomic E-state index is 11.9. The van der Waals surface area contributed by atoms with Crippen molar-refractivity contribution in [2.24, 2.45) is 0 Å². The zero-order chi connectivity index (χ0) is 13.0. The normalized spacial score (nSPS) is 16.4. The average Bonchev–Trinajstić information content (AvgIpc) is 2.33. The van der Waals surface area contributed by atoms with Crippen LogP contribution in [0.25, 0.3) is 0 Å². The molecule has 0 aliphatic heterocycles. The number of ether oxygens (including phenoxy) is 1. The van der Waals surface area contributed by atoms with Crippen molar-refractivity contribution >= 4 is 11.6 Å². The summed E-state index contributed by atoms with van der Waals surface area (Å²) < 4.78 is 5.60. The fourth-order valence-electron chi connectivity index (χ4n) is 1.77. The number of benzene rings is 1. The van der Waals surface area contributed by atoms with Gasteiger partial charge in [0.2, 0.25) is 0 Å². The maximum atomic E-state index is 11.9. The zero-order valence-electron chi connectivity index (χ0n) is 10.3. The SMILES string of the molecule is CC(OC1CCC1)C(=O)Nc1cccc(C#N)c1. The summed E-state index contributed by atoms with van der Waals surface area (Å²) in [4.78, 5) is 11.9. The first kappa shape index (κ1) is 12.6. The van der Waals surface area contributed by atoms with Crippen molar-refractivity contribution in [1.29, 1.82) is 5.26 Å². The molecule has 1 aliphatic carbocycles. The van der Waals surface area contributed by atoms with E-state index < -0.39 is 6.10 Å². The quantitative estimate of drug-likeness (QED) is 0.884. The number of carbonyl (C=O) groups is 1. The van der Waals surface area contributed by atoms with Crippen LogP contribution in [0.1, 0.15) is 31.7 Å². The first-order valence-corrected chi connectivity index (χ1v) is 6.15. The van der Waals surface area contributed by atoms with Crippen LogP contribution in [-0.4, -0.2) is 18.1 Å². The highest BCUT2D eigenvalue weighted by molar-refractivity contribution is 5.94. The van der Waals surface area contributed by atoms with Crippen LogP contribution in [0.3, 0.4) is 0 Å². The number of anilines is 1. The van der Waals surface area contributed by atoms with E-state index in [4.69, 9.17) is 10.00 Å². The van der Waals surface area contributed by atoms with Gasteiger partial charge in [0, 0.05) is 5.69 Å². The highest BCUT2D eigenvalue weighted by Gasteiger charge is 2.23. The Morgan fingerprint density at radius 1 is 1.56 bits per heavy atom. The minimum absolute atomic E-state index is 0.169. The Morgan fingerprint density at radius 3 is 2.94 bits per heavy atom. The second-order valence-electron chi connectivity index (χ2n) is 4.51. The number of nitriles is 1. The molecule has 1 fully saturated rings. The fraction of sp³-hybridized carbons (Fsp3) is 0.429. The van der Waals surface area contributed by atoms with E-state index in [0.717, 1.165) is 12.8 Å². The Morgan fingerprint density at radius 2 is 2.33 bits per heavy atom. The predicted octanol–water partition coefficient (Wildman–Crippen LogP) is 2.45. The minimum Gasteiger partial charge on any atom is -0.365 e. The number of nitrogens with one attached hydrogen (secondary N) is 1. The molecule has 2 rings (SSSR count). The van der Waals surface area contributed by atoms with Gasteiger partial charge in [0.25, 0.3) is 5.91 Å². The van der Waals surface area contributed by atoms with Crippen molar-refractivity contribution in [1.82, 2.24) is 0 Å². The van der Waals surface area contributed by atoms with E-state index in [1.165, 1.54) is 6.42 Å². The van der Waals surface area contributed by atoms with E-state index in [9.17, 15) is 4.79 Å². The lowest BCUT2D eigenvalue weighted by molar-refractivity contribution is -0.133. The van der Waals surface area contributed by atoms with E-state index in [-0.39, 0.29) is 12.0 Å². The summed E-state index contributed by atoms with van der Waals surface area (Å²) in [5.41, 5.74) is 1.16. The van der Waals surface area contributed by atoms with Crippen molar-refractivity contribution in [2.45, 2.75) is 38.4 Å². The molecule has 18 heavy (non-hydrogen) atoms. The molecule has 0 radical (unpaired) electrons. The lowest BCUT2D eigenvalue weighted by Gasteiger charge is -2.28. The number of hydrogen-bond acceptors (Lipinski definition) is 3. The summed E-state index contributed by atoms with van der Waals surface area (Å²) in [6, 6.07) is 8.88. The Kier molecular flexibility index (Phi) is 3.96. The summed E-state index contributed by atoms with van der Waals surface area (Å²) in [6.07, 6.45) is 3.05. The van der Waals surface area contributed by atoms with Crippen LogP contribution in [-0.2, 0) is 9.53 Å². The van der Waals surface area contributed by atoms with Crippen molar-refractivity contribution < 1.29 is 9.53 Å². The number of carbonyl (C=O) groups excluding carboxylic acids is 1. The summed E-state index contributed by atoms with van der Waals surface area (Å²) in [6.45, 7) is 1.75. The van der Waals surface area contributed by atoms with Crippen LogP contribution in [0.5, 0.6) is 0 Å². The van der Waals surface area contributed by atoms with Crippen LogP contribution in [0.15, 0.2) is 24.3 Å². The Hall–Kier alpha value is -1.86. The lowest BCUT2D eigenvalue weighted by atomic mass is 9.96. The molecule has 1 N–H and O–H groups in total. The third kappa shape index (κ3) is 3.08. The molecule has 0 bridgehead atoms. The lowest BCUT2D eigenvalue weighted by Crippen LogP contribution is -2.34. The number of amides is 1. The average molecular weight is 244 g/mol. The highest BCUT2D eigenvalue weighted by Crippen LogP contribution is 2.23. The van der Waals surface area contributed by atoms with Gasteiger partial charge >= 0.3 is 0 Å². The second kappa shape index (κ2) is 5.65. The summed E-state index contributed by atoms with van der Waals surface area (Å²) >= 11 is 0. The largest absolute Gasteiger partial charge is 0.365 e. The molecule has 1 aromatic carbocycles. The van der Waals surface area contributed by atoms with Crippen molar-refractivity contribution in [2.75, 3.05) is 5.32 Å². The molecule has 0 spiro atoms. The molecule has 1 saturated carbocycles.